The number of benzene rings is 1. The van der Waals surface area contributed by atoms with Crippen LogP contribution in [0, 0.1) is 0 Å². The lowest BCUT2D eigenvalue weighted by Crippen LogP contribution is -2.09. The summed E-state index contributed by atoms with van der Waals surface area (Å²) < 4.78 is 5.73. The molecule has 0 aliphatic carbocycles. The largest absolute Gasteiger partial charge is 0.491 e. The maximum atomic E-state index is 6.12. The minimum atomic E-state index is 0.689. The maximum absolute atomic E-state index is 6.12. The molecule has 0 amide bonds. The van der Waals surface area contributed by atoms with Gasteiger partial charge in [-0.1, -0.05) is 30.7 Å². The molecule has 2 nitrogen and oxygen atoms in total. The van der Waals surface area contributed by atoms with Crippen LogP contribution in [-0.2, 0) is 6.54 Å². The van der Waals surface area contributed by atoms with Crippen molar-refractivity contribution in [3.8, 4) is 5.75 Å². The summed E-state index contributed by atoms with van der Waals surface area (Å²) in [5, 5.41) is 3.80. The molecule has 0 aromatic heterocycles. The summed E-state index contributed by atoms with van der Waals surface area (Å²) in [6.45, 7) is 3.63. The molecule has 0 aliphatic heterocycles. The minimum absolute atomic E-state index is 0.689. The molecule has 4 heteroatoms. The van der Waals surface area contributed by atoms with Crippen LogP contribution in [0.25, 0.3) is 0 Å². The molecule has 16 heavy (non-hydrogen) atoms. The molecule has 0 fully saturated rings. The summed E-state index contributed by atoms with van der Waals surface area (Å²) in [6.07, 6.45) is 0. The average Bonchev–Trinajstić information content (AvgIpc) is 2.28. The second kappa shape index (κ2) is 7.82. The maximum Gasteiger partial charge on any atom is 0.142 e. The van der Waals surface area contributed by atoms with E-state index in [2.05, 4.69) is 12.2 Å². The molecule has 0 saturated carbocycles. The number of para-hydroxylation sites is 1. The van der Waals surface area contributed by atoms with Gasteiger partial charge in [-0.3, -0.25) is 0 Å². The average molecular weight is 260 g/mol. The molecule has 0 spiro atoms. The van der Waals surface area contributed by atoms with Crippen molar-refractivity contribution in [2.45, 2.75) is 13.5 Å². The summed E-state index contributed by atoms with van der Waals surface area (Å²) in [5.74, 6) is 2.94. The van der Waals surface area contributed by atoms with Crippen LogP contribution in [0.3, 0.4) is 0 Å². The van der Waals surface area contributed by atoms with Crippen molar-refractivity contribution in [2.24, 2.45) is 0 Å². The zero-order chi connectivity index (χ0) is 11.8. The molecule has 1 N–H and O–H groups in total. The molecule has 1 aromatic carbocycles. The SMILES string of the molecule is CCSCCOc1c(Cl)cccc1CNC. The number of halogens is 1. The van der Waals surface area contributed by atoms with Crippen molar-refractivity contribution in [3.63, 3.8) is 0 Å². The lowest BCUT2D eigenvalue weighted by Gasteiger charge is -2.12. The van der Waals surface area contributed by atoms with E-state index in [1.807, 2.05) is 37.0 Å². The van der Waals surface area contributed by atoms with E-state index in [0.29, 0.717) is 11.6 Å². The first-order valence-electron chi connectivity index (χ1n) is 5.42. The van der Waals surface area contributed by atoms with Gasteiger partial charge in [0, 0.05) is 17.9 Å². The summed E-state index contributed by atoms with van der Waals surface area (Å²) in [4.78, 5) is 0. The zero-order valence-electron chi connectivity index (χ0n) is 9.75. The van der Waals surface area contributed by atoms with E-state index in [9.17, 15) is 0 Å². The van der Waals surface area contributed by atoms with E-state index in [1.54, 1.807) is 0 Å². The molecule has 0 unspecified atom stereocenters. The number of hydrogen-bond acceptors (Lipinski definition) is 3. The number of nitrogens with one attached hydrogen (secondary N) is 1. The van der Waals surface area contributed by atoms with Crippen LogP contribution in [0.2, 0.25) is 5.02 Å². The highest BCUT2D eigenvalue weighted by atomic mass is 35.5. The molecular weight excluding hydrogens is 242 g/mol. The van der Waals surface area contributed by atoms with Crippen LogP contribution < -0.4 is 10.1 Å². The highest BCUT2D eigenvalue weighted by Crippen LogP contribution is 2.28. The first-order valence-corrected chi connectivity index (χ1v) is 6.95. The third kappa shape index (κ3) is 4.24. The molecule has 0 saturated heterocycles. The summed E-state index contributed by atoms with van der Waals surface area (Å²) >= 11 is 7.99. The summed E-state index contributed by atoms with van der Waals surface area (Å²) in [6, 6.07) is 5.84. The first-order chi connectivity index (χ1) is 7.79. The lowest BCUT2D eigenvalue weighted by molar-refractivity contribution is 0.339. The van der Waals surface area contributed by atoms with Gasteiger partial charge in [0.1, 0.15) is 5.75 Å². The molecule has 1 aromatic rings. The second-order valence-electron chi connectivity index (χ2n) is 3.30. The predicted octanol–water partition coefficient (Wildman–Crippen LogP) is 3.19. The van der Waals surface area contributed by atoms with Crippen molar-refractivity contribution >= 4 is 23.4 Å². The fourth-order valence-corrected chi connectivity index (χ4v) is 2.13. The molecule has 0 radical (unpaired) electrons. The molecule has 0 aliphatic rings. The van der Waals surface area contributed by atoms with Crippen LogP contribution >= 0.6 is 23.4 Å². The monoisotopic (exact) mass is 259 g/mol. The van der Waals surface area contributed by atoms with Gasteiger partial charge < -0.3 is 10.1 Å². The number of hydrogen-bond donors (Lipinski definition) is 1. The van der Waals surface area contributed by atoms with Crippen molar-refractivity contribution < 1.29 is 4.74 Å². The lowest BCUT2D eigenvalue weighted by atomic mass is 10.2. The normalized spacial score (nSPS) is 10.4. The number of rotatable bonds is 7. The Hall–Kier alpha value is -0.380. The van der Waals surface area contributed by atoms with Crippen LogP contribution in [0.1, 0.15) is 12.5 Å². The quantitative estimate of drug-likeness (QED) is 0.760. The summed E-state index contributed by atoms with van der Waals surface area (Å²) in [7, 11) is 1.91. The van der Waals surface area contributed by atoms with Gasteiger partial charge in [0.05, 0.1) is 11.6 Å². The third-order valence-corrected chi connectivity index (χ3v) is 3.26. The van der Waals surface area contributed by atoms with Gasteiger partial charge in [-0.25, -0.2) is 0 Å². The Morgan fingerprint density at radius 3 is 2.94 bits per heavy atom. The van der Waals surface area contributed by atoms with Crippen molar-refractivity contribution in [3.05, 3.63) is 28.8 Å². The van der Waals surface area contributed by atoms with E-state index >= 15 is 0 Å². The predicted molar refractivity (Wildman–Crippen MR) is 72.7 cm³/mol. The van der Waals surface area contributed by atoms with Crippen LogP contribution in [0.5, 0.6) is 5.75 Å². The van der Waals surface area contributed by atoms with Gasteiger partial charge in [0.25, 0.3) is 0 Å². The fraction of sp³-hybridized carbons (Fsp3) is 0.500. The Labute approximate surface area is 107 Å². The van der Waals surface area contributed by atoms with E-state index in [1.165, 1.54) is 0 Å². The highest BCUT2D eigenvalue weighted by Gasteiger charge is 2.07. The van der Waals surface area contributed by atoms with Crippen LogP contribution in [0.15, 0.2) is 18.2 Å². The third-order valence-electron chi connectivity index (χ3n) is 2.09. The van der Waals surface area contributed by atoms with E-state index in [4.69, 9.17) is 16.3 Å². The summed E-state index contributed by atoms with van der Waals surface area (Å²) in [5.41, 5.74) is 1.11. The molecular formula is C12H18ClNOS. The van der Waals surface area contributed by atoms with Gasteiger partial charge in [-0.15, -0.1) is 0 Å². The molecule has 0 heterocycles. The minimum Gasteiger partial charge on any atom is -0.491 e. The Morgan fingerprint density at radius 1 is 1.44 bits per heavy atom. The van der Waals surface area contributed by atoms with E-state index < -0.39 is 0 Å². The molecule has 1 rings (SSSR count). The standard InChI is InChI=1S/C12H18ClNOS/c1-3-16-8-7-15-12-10(9-14-2)5-4-6-11(12)13/h4-6,14H,3,7-9H2,1-2H3. The van der Waals surface area contributed by atoms with E-state index in [-0.39, 0.29) is 0 Å². The topological polar surface area (TPSA) is 21.3 Å². The van der Waals surface area contributed by atoms with E-state index in [0.717, 1.165) is 29.4 Å². The molecule has 90 valence electrons. The van der Waals surface area contributed by atoms with Crippen LogP contribution in [0.4, 0.5) is 0 Å². The first kappa shape index (κ1) is 13.7. The van der Waals surface area contributed by atoms with Gasteiger partial charge >= 0.3 is 0 Å². The fourth-order valence-electron chi connectivity index (χ4n) is 1.39. The van der Waals surface area contributed by atoms with Gasteiger partial charge in [0.2, 0.25) is 0 Å². The Balaban J connectivity index is 2.61. The van der Waals surface area contributed by atoms with Crippen molar-refractivity contribution in [1.82, 2.24) is 5.32 Å². The Bertz CT molecular complexity index is 320. The highest BCUT2D eigenvalue weighted by molar-refractivity contribution is 7.99. The number of thioether (sulfide) groups is 1. The van der Waals surface area contributed by atoms with Gasteiger partial charge in [-0.2, -0.15) is 11.8 Å². The molecule has 0 bridgehead atoms. The van der Waals surface area contributed by atoms with Gasteiger partial charge in [0.15, 0.2) is 0 Å². The smallest absolute Gasteiger partial charge is 0.142 e. The van der Waals surface area contributed by atoms with Crippen LogP contribution in [-0.4, -0.2) is 25.2 Å². The Morgan fingerprint density at radius 2 is 2.25 bits per heavy atom. The second-order valence-corrected chi connectivity index (χ2v) is 5.10. The number of ether oxygens (including phenoxy) is 1. The zero-order valence-corrected chi connectivity index (χ0v) is 11.3. The van der Waals surface area contributed by atoms with Crippen molar-refractivity contribution in [1.29, 1.82) is 0 Å². The Kier molecular flexibility index (Phi) is 6.69. The molecule has 0 atom stereocenters. The van der Waals surface area contributed by atoms with Gasteiger partial charge in [-0.05, 0) is 18.9 Å². The van der Waals surface area contributed by atoms with Crippen molar-refractivity contribution in [2.75, 3.05) is 25.2 Å².